The summed E-state index contributed by atoms with van der Waals surface area (Å²) < 4.78 is 0. The van der Waals surface area contributed by atoms with Crippen molar-refractivity contribution in [1.82, 2.24) is 15.1 Å². The van der Waals surface area contributed by atoms with Crippen LogP contribution in [0, 0.1) is 11.8 Å². The van der Waals surface area contributed by atoms with Crippen LogP contribution in [0.25, 0.3) is 0 Å². The van der Waals surface area contributed by atoms with Crippen molar-refractivity contribution < 1.29 is 4.79 Å². The number of rotatable bonds is 3. The summed E-state index contributed by atoms with van der Waals surface area (Å²) in [5, 5.41) is 3.52. The molecule has 0 aromatic heterocycles. The number of likely N-dealkylation sites (tertiary alicyclic amines) is 1. The Kier molecular flexibility index (Phi) is 5.63. The molecular formula is C20H29N3OS. The van der Waals surface area contributed by atoms with E-state index in [0.29, 0.717) is 5.91 Å². The molecule has 3 heterocycles. The number of nitrogens with one attached hydrogen (secondary N) is 1. The lowest BCUT2D eigenvalue weighted by molar-refractivity contribution is -0.137. The van der Waals surface area contributed by atoms with E-state index in [-0.39, 0.29) is 6.04 Å². The molecule has 4 nitrogen and oxygen atoms in total. The quantitative estimate of drug-likeness (QED) is 0.898. The van der Waals surface area contributed by atoms with Gasteiger partial charge in [0, 0.05) is 37.7 Å². The summed E-state index contributed by atoms with van der Waals surface area (Å²) in [5.74, 6) is 4.11. The van der Waals surface area contributed by atoms with Gasteiger partial charge >= 0.3 is 0 Å². The Bertz CT molecular complexity index is 562. The topological polar surface area (TPSA) is 35.6 Å². The monoisotopic (exact) mass is 359 g/mol. The number of benzene rings is 1. The molecule has 1 aromatic carbocycles. The van der Waals surface area contributed by atoms with Crippen LogP contribution in [-0.4, -0.2) is 66.5 Å². The summed E-state index contributed by atoms with van der Waals surface area (Å²) in [4.78, 5) is 18.1. The van der Waals surface area contributed by atoms with Crippen LogP contribution in [0.2, 0.25) is 0 Å². The van der Waals surface area contributed by atoms with E-state index in [1.807, 2.05) is 17.8 Å². The van der Waals surface area contributed by atoms with Gasteiger partial charge in [0.15, 0.2) is 0 Å². The zero-order chi connectivity index (χ0) is 17.1. The van der Waals surface area contributed by atoms with Crippen molar-refractivity contribution in [3.63, 3.8) is 0 Å². The summed E-state index contributed by atoms with van der Waals surface area (Å²) in [6.45, 7) is 6.15. The van der Waals surface area contributed by atoms with Crippen LogP contribution < -0.4 is 5.32 Å². The Morgan fingerprint density at radius 3 is 2.28 bits per heavy atom. The summed E-state index contributed by atoms with van der Waals surface area (Å²) in [7, 11) is 0. The highest BCUT2D eigenvalue weighted by Gasteiger charge is 2.36. The number of hydrogen-bond acceptors (Lipinski definition) is 4. The van der Waals surface area contributed by atoms with Gasteiger partial charge in [-0.2, -0.15) is 11.8 Å². The molecule has 0 saturated carbocycles. The van der Waals surface area contributed by atoms with Gasteiger partial charge in [0.25, 0.3) is 0 Å². The van der Waals surface area contributed by atoms with E-state index >= 15 is 0 Å². The van der Waals surface area contributed by atoms with Crippen LogP contribution in [0.15, 0.2) is 30.3 Å². The maximum Gasteiger partial charge on any atom is 0.244 e. The lowest BCUT2D eigenvalue weighted by atomic mass is 9.92. The SMILES string of the molecule is O=C(C(c1ccccc1)N1CCSCC1)N1CC[C@@H]2CNC[C@@H]2CC1. The van der Waals surface area contributed by atoms with E-state index in [0.717, 1.165) is 81.0 Å². The van der Waals surface area contributed by atoms with Crippen LogP contribution in [0.1, 0.15) is 24.4 Å². The molecule has 0 radical (unpaired) electrons. The average molecular weight is 360 g/mol. The Hall–Kier alpha value is -1.04. The van der Waals surface area contributed by atoms with E-state index in [1.165, 1.54) is 0 Å². The molecule has 4 rings (SSSR count). The third-order valence-corrected chi connectivity index (χ3v) is 7.03. The van der Waals surface area contributed by atoms with E-state index in [4.69, 9.17) is 0 Å². The number of amides is 1. The summed E-state index contributed by atoms with van der Waals surface area (Å²) in [6, 6.07) is 10.3. The Labute approximate surface area is 155 Å². The largest absolute Gasteiger partial charge is 0.341 e. The van der Waals surface area contributed by atoms with E-state index in [2.05, 4.69) is 39.4 Å². The average Bonchev–Trinajstić information content (AvgIpc) is 3.02. The van der Waals surface area contributed by atoms with Gasteiger partial charge in [-0.05, 0) is 43.3 Å². The van der Waals surface area contributed by atoms with Crippen LogP contribution in [0.3, 0.4) is 0 Å². The van der Waals surface area contributed by atoms with E-state index in [9.17, 15) is 4.79 Å². The molecule has 3 aliphatic heterocycles. The summed E-state index contributed by atoms with van der Waals surface area (Å²) in [6.07, 6.45) is 2.31. The van der Waals surface area contributed by atoms with Crippen LogP contribution in [0.4, 0.5) is 0 Å². The molecule has 3 saturated heterocycles. The lowest BCUT2D eigenvalue weighted by Gasteiger charge is -2.36. The van der Waals surface area contributed by atoms with Gasteiger partial charge in [-0.15, -0.1) is 0 Å². The number of hydrogen-bond donors (Lipinski definition) is 1. The molecule has 25 heavy (non-hydrogen) atoms. The predicted octanol–water partition coefficient (Wildman–Crippen LogP) is 2.23. The highest BCUT2D eigenvalue weighted by molar-refractivity contribution is 7.99. The Morgan fingerprint density at radius 1 is 1.00 bits per heavy atom. The Balaban J connectivity index is 1.52. The molecule has 0 aliphatic carbocycles. The molecule has 3 atom stereocenters. The molecule has 0 spiro atoms. The van der Waals surface area contributed by atoms with E-state index in [1.54, 1.807) is 0 Å². The first kappa shape index (κ1) is 17.4. The van der Waals surface area contributed by atoms with Gasteiger partial charge in [-0.25, -0.2) is 0 Å². The molecule has 1 amide bonds. The molecule has 136 valence electrons. The molecular weight excluding hydrogens is 330 g/mol. The highest BCUT2D eigenvalue weighted by Crippen LogP contribution is 2.31. The highest BCUT2D eigenvalue weighted by atomic mass is 32.2. The second kappa shape index (κ2) is 8.11. The second-order valence-electron chi connectivity index (χ2n) is 7.54. The van der Waals surface area contributed by atoms with Crippen molar-refractivity contribution in [1.29, 1.82) is 0 Å². The molecule has 3 fully saturated rings. The second-order valence-corrected chi connectivity index (χ2v) is 8.77. The van der Waals surface area contributed by atoms with Gasteiger partial charge in [-0.3, -0.25) is 9.69 Å². The smallest absolute Gasteiger partial charge is 0.244 e. The number of carbonyl (C=O) groups excluding carboxylic acids is 1. The number of thioether (sulfide) groups is 1. The lowest BCUT2D eigenvalue weighted by Crippen LogP contribution is -2.46. The normalized spacial score (nSPS) is 29.0. The Morgan fingerprint density at radius 2 is 1.64 bits per heavy atom. The minimum absolute atomic E-state index is 0.0989. The van der Waals surface area contributed by atoms with Crippen LogP contribution in [-0.2, 0) is 4.79 Å². The molecule has 5 heteroatoms. The first-order valence-electron chi connectivity index (χ1n) is 9.69. The first-order chi connectivity index (χ1) is 12.3. The molecule has 3 aliphatic rings. The standard InChI is InChI=1S/C20H29N3OS/c24-20(23-8-6-17-14-21-15-18(17)7-9-23)19(16-4-2-1-3-5-16)22-10-12-25-13-11-22/h1-5,17-19,21H,6-15H2/t17-,18+,19?. The predicted molar refractivity (Wildman–Crippen MR) is 104 cm³/mol. The zero-order valence-corrected chi connectivity index (χ0v) is 15.7. The maximum absolute atomic E-state index is 13.5. The molecule has 1 unspecified atom stereocenters. The zero-order valence-electron chi connectivity index (χ0n) is 14.9. The number of nitrogens with zero attached hydrogens (tertiary/aromatic N) is 2. The minimum atomic E-state index is -0.0989. The molecule has 0 bridgehead atoms. The first-order valence-corrected chi connectivity index (χ1v) is 10.8. The molecule has 1 aromatic rings. The third-order valence-electron chi connectivity index (χ3n) is 6.09. The van der Waals surface area contributed by atoms with Crippen LogP contribution >= 0.6 is 11.8 Å². The fourth-order valence-corrected chi connectivity index (χ4v) is 5.52. The van der Waals surface area contributed by atoms with Gasteiger partial charge in [0.2, 0.25) is 5.91 Å². The van der Waals surface area contributed by atoms with Crippen molar-refractivity contribution >= 4 is 17.7 Å². The molecule has 1 N–H and O–H groups in total. The van der Waals surface area contributed by atoms with E-state index < -0.39 is 0 Å². The van der Waals surface area contributed by atoms with Crippen molar-refractivity contribution in [2.75, 3.05) is 50.8 Å². The third kappa shape index (κ3) is 3.88. The van der Waals surface area contributed by atoms with Crippen molar-refractivity contribution in [3.05, 3.63) is 35.9 Å². The minimum Gasteiger partial charge on any atom is -0.341 e. The summed E-state index contributed by atoms with van der Waals surface area (Å²) >= 11 is 2.00. The van der Waals surface area contributed by atoms with Gasteiger partial charge in [0.1, 0.15) is 6.04 Å². The van der Waals surface area contributed by atoms with Crippen LogP contribution in [0.5, 0.6) is 0 Å². The maximum atomic E-state index is 13.5. The fraction of sp³-hybridized carbons (Fsp3) is 0.650. The number of fused-ring (bicyclic) bond motifs is 1. The summed E-state index contributed by atoms with van der Waals surface area (Å²) in [5.41, 5.74) is 1.16. The van der Waals surface area contributed by atoms with Gasteiger partial charge in [0.05, 0.1) is 0 Å². The van der Waals surface area contributed by atoms with Crippen molar-refractivity contribution in [2.45, 2.75) is 18.9 Å². The number of carbonyl (C=O) groups is 1. The van der Waals surface area contributed by atoms with Crippen molar-refractivity contribution in [2.24, 2.45) is 11.8 Å². The van der Waals surface area contributed by atoms with Gasteiger partial charge < -0.3 is 10.2 Å². The fourth-order valence-electron chi connectivity index (χ4n) is 4.59. The van der Waals surface area contributed by atoms with Gasteiger partial charge in [-0.1, -0.05) is 30.3 Å². The van der Waals surface area contributed by atoms with Crippen molar-refractivity contribution in [3.8, 4) is 0 Å².